The van der Waals surface area contributed by atoms with E-state index in [0.29, 0.717) is 25.4 Å². The van der Waals surface area contributed by atoms with Crippen molar-refractivity contribution < 1.29 is 4.79 Å². The molecule has 5 nitrogen and oxygen atoms in total. The Morgan fingerprint density at radius 2 is 1.46 bits per heavy atom. The van der Waals surface area contributed by atoms with E-state index in [4.69, 9.17) is 10.7 Å². The van der Waals surface area contributed by atoms with Crippen molar-refractivity contribution in [1.29, 1.82) is 0 Å². The number of nitrogens with one attached hydrogen (secondary N) is 1. The van der Waals surface area contributed by atoms with Gasteiger partial charge in [-0.25, -0.2) is 4.98 Å². The van der Waals surface area contributed by atoms with Crippen LogP contribution in [-0.4, -0.2) is 27.3 Å². The average Bonchev–Trinajstić information content (AvgIpc) is 3.46. The Morgan fingerprint density at radius 1 is 0.865 bits per heavy atom. The number of benzene rings is 3. The van der Waals surface area contributed by atoms with Gasteiger partial charge in [0, 0.05) is 18.9 Å². The van der Waals surface area contributed by atoms with E-state index in [1.165, 1.54) is 5.56 Å². The highest BCUT2D eigenvalue weighted by Gasteiger charge is 2.34. The lowest BCUT2D eigenvalue weighted by Gasteiger charge is -2.36. The Bertz CT molecular complexity index is 1250. The minimum Gasteiger partial charge on any atom is -0.340 e. The highest BCUT2D eigenvalue weighted by Crippen LogP contribution is 2.34. The van der Waals surface area contributed by atoms with Crippen LogP contribution in [0.4, 0.5) is 0 Å². The minimum atomic E-state index is -0.209. The van der Waals surface area contributed by atoms with Gasteiger partial charge in [-0.05, 0) is 54.8 Å². The van der Waals surface area contributed by atoms with Crippen LogP contribution < -0.4 is 5.73 Å². The van der Waals surface area contributed by atoms with Gasteiger partial charge in [-0.2, -0.15) is 0 Å². The first-order valence-corrected chi connectivity index (χ1v) is 13.4. The second kappa shape index (κ2) is 12.0. The molecule has 37 heavy (non-hydrogen) atoms. The molecule has 190 valence electrons. The number of hydrogen-bond acceptors (Lipinski definition) is 3. The van der Waals surface area contributed by atoms with Crippen molar-refractivity contribution >= 4 is 5.91 Å². The van der Waals surface area contributed by atoms with E-state index < -0.39 is 0 Å². The monoisotopic (exact) mass is 492 g/mol. The zero-order valence-electron chi connectivity index (χ0n) is 21.3. The molecule has 3 aromatic carbocycles. The maximum Gasteiger partial charge on any atom is 0.226 e. The van der Waals surface area contributed by atoms with Crippen LogP contribution in [0.25, 0.3) is 11.3 Å². The van der Waals surface area contributed by atoms with Crippen LogP contribution in [0.1, 0.15) is 48.7 Å². The van der Waals surface area contributed by atoms with Gasteiger partial charge in [0.1, 0.15) is 5.82 Å². The maximum absolute atomic E-state index is 14.2. The number of carbonyl (C=O) groups is 1. The van der Waals surface area contributed by atoms with Gasteiger partial charge in [0.25, 0.3) is 0 Å². The van der Waals surface area contributed by atoms with E-state index in [9.17, 15) is 4.79 Å². The van der Waals surface area contributed by atoms with Gasteiger partial charge >= 0.3 is 0 Å². The molecule has 0 saturated heterocycles. The quantitative estimate of drug-likeness (QED) is 0.294. The van der Waals surface area contributed by atoms with Gasteiger partial charge in [0.2, 0.25) is 5.91 Å². The number of nitrogens with two attached hydrogens (primary N) is 1. The minimum absolute atomic E-state index is 0.0216. The van der Waals surface area contributed by atoms with Gasteiger partial charge in [-0.1, -0.05) is 91.0 Å². The molecule has 1 saturated carbocycles. The van der Waals surface area contributed by atoms with E-state index >= 15 is 0 Å². The molecule has 3 N–H and O–H groups in total. The Kier molecular flexibility index (Phi) is 8.11. The summed E-state index contributed by atoms with van der Waals surface area (Å²) in [7, 11) is 0. The molecule has 1 heterocycles. The third-order valence-corrected chi connectivity index (χ3v) is 7.65. The lowest BCUT2D eigenvalue weighted by Crippen LogP contribution is -2.41. The zero-order valence-corrected chi connectivity index (χ0v) is 21.3. The number of nitrogens with zero attached hydrogens (tertiary/aromatic N) is 2. The average molecular weight is 493 g/mol. The number of H-pyrrole nitrogens is 1. The number of aromatic nitrogens is 2. The summed E-state index contributed by atoms with van der Waals surface area (Å²) in [6.45, 7) is 1.26. The molecule has 0 radical (unpaired) electrons. The number of amides is 1. The van der Waals surface area contributed by atoms with Crippen molar-refractivity contribution in [2.75, 3.05) is 6.54 Å². The van der Waals surface area contributed by atoms with E-state index in [1.807, 2.05) is 48.7 Å². The van der Waals surface area contributed by atoms with Crippen molar-refractivity contribution in [3.63, 3.8) is 0 Å². The topological polar surface area (TPSA) is 75.0 Å². The summed E-state index contributed by atoms with van der Waals surface area (Å²) in [6, 6.07) is 30.7. The van der Waals surface area contributed by atoms with Crippen LogP contribution in [0.3, 0.4) is 0 Å². The Morgan fingerprint density at radius 3 is 2.08 bits per heavy atom. The van der Waals surface area contributed by atoms with Crippen LogP contribution in [0.2, 0.25) is 0 Å². The molecule has 4 aromatic rings. The maximum atomic E-state index is 14.2. The lowest BCUT2D eigenvalue weighted by atomic mass is 9.81. The molecule has 1 atom stereocenters. The summed E-state index contributed by atoms with van der Waals surface area (Å²) in [5.74, 6) is 1.60. The van der Waals surface area contributed by atoms with Gasteiger partial charge in [-0.3, -0.25) is 4.79 Å². The molecule has 0 aliphatic heterocycles. The third-order valence-electron chi connectivity index (χ3n) is 7.65. The van der Waals surface area contributed by atoms with Crippen molar-refractivity contribution in [3.05, 3.63) is 114 Å². The lowest BCUT2D eigenvalue weighted by molar-refractivity contribution is -0.140. The highest BCUT2D eigenvalue weighted by atomic mass is 16.2. The standard InChI is InChI=1S/C32H36N4O/c33-21-25-16-18-28(19-17-25)32(37)36(23-26-12-6-2-7-13-26)30(20-24-10-4-1-5-11-24)31-34-22-29(35-31)27-14-8-3-9-15-27/h1-15,22,25,28,30H,16-21,23,33H2,(H,34,35)/t25?,28?,30-/m0/s1. The smallest absolute Gasteiger partial charge is 0.226 e. The number of carbonyl (C=O) groups excluding carboxylic acids is 1. The van der Waals surface area contributed by atoms with Crippen molar-refractivity contribution in [2.45, 2.75) is 44.7 Å². The highest BCUT2D eigenvalue weighted by molar-refractivity contribution is 5.79. The molecule has 5 heteroatoms. The molecule has 0 unspecified atom stereocenters. The first-order chi connectivity index (χ1) is 18.2. The summed E-state index contributed by atoms with van der Waals surface area (Å²) >= 11 is 0. The summed E-state index contributed by atoms with van der Waals surface area (Å²) in [5, 5.41) is 0. The molecule has 5 rings (SSSR count). The number of aromatic amines is 1. The van der Waals surface area contributed by atoms with Crippen molar-refractivity contribution in [1.82, 2.24) is 14.9 Å². The zero-order chi connectivity index (χ0) is 25.5. The Balaban J connectivity index is 1.51. The van der Waals surface area contributed by atoms with Crippen LogP contribution in [0, 0.1) is 11.8 Å². The summed E-state index contributed by atoms with van der Waals surface area (Å²) < 4.78 is 0. The predicted octanol–water partition coefficient (Wildman–Crippen LogP) is 6.15. The Hall–Kier alpha value is -3.70. The fourth-order valence-corrected chi connectivity index (χ4v) is 5.46. The fourth-order valence-electron chi connectivity index (χ4n) is 5.46. The molecule has 0 spiro atoms. The molecular formula is C32H36N4O. The number of rotatable bonds is 9. The van der Waals surface area contributed by atoms with E-state index in [-0.39, 0.29) is 17.9 Å². The second-order valence-electron chi connectivity index (χ2n) is 10.2. The molecule has 1 fully saturated rings. The van der Waals surface area contributed by atoms with E-state index in [0.717, 1.165) is 48.3 Å². The normalized spacial score (nSPS) is 18.3. The first-order valence-electron chi connectivity index (χ1n) is 13.4. The summed E-state index contributed by atoms with van der Waals surface area (Å²) in [5.41, 5.74) is 10.3. The number of imidazole rings is 1. The molecule has 0 bridgehead atoms. The number of hydrogen-bond donors (Lipinski definition) is 2. The van der Waals surface area contributed by atoms with Crippen LogP contribution in [0.15, 0.2) is 97.2 Å². The SMILES string of the molecule is NCC1CCC(C(=O)N(Cc2ccccc2)[C@@H](Cc2ccccc2)c2ncc(-c3ccccc3)[nH]2)CC1. The summed E-state index contributed by atoms with van der Waals surface area (Å²) in [4.78, 5) is 24.7. The van der Waals surface area contributed by atoms with E-state index in [1.54, 1.807) is 0 Å². The summed E-state index contributed by atoms with van der Waals surface area (Å²) in [6.07, 6.45) is 6.43. The van der Waals surface area contributed by atoms with Crippen molar-refractivity contribution in [3.8, 4) is 11.3 Å². The van der Waals surface area contributed by atoms with E-state index in [2.05, 4.69) is 58.4 Å². The second-order valence-corrected chi connectivity index (χ2v) is 10.2. The molecule has 1 aliphatic rings. The van der Waals surface area contributed by atoms with Crippen LogP contribution in [0.5, 0.6) is 0 Å². The van der Waals surface area contributed by atoms with Gasteiger partial charge in [0.15, 0.2) is 0 Å². The first kappa shape index (κ1) is 25.0. The molecule has 1 amide bonds. The van der Waals surface area contributed by atoms with Gasteiger partial charge in [0.05, 0.1) is 17.9 Å². The molecule has 1 aliphatic carbocycles. The van der Waals surface area contributed by atoms with Crippen LogP contribution >= 0.6 is 0 Å². The van der Waals surface area contributed by atoms with Crippen molar-refractivity contribution in [2.24, 2.45) is 17.6 Å². The molecular weight excluding hydrogens is 456 g/mol. The molecule has 1 aromatic heterocycles. The predicted molar refractivity (Wildman–Crippen MR) is 148 cm³/mol. The fraction of sp³-hybridized carbons (Fsp3) is 0.312. The van der Waals surface area contributed by atoms with Gasteiger partial charge in [-0.15, -0.1) is 0 Å². The van der Waals surface area contributed by atoms with Crippen LogP contribution in [-0.2, 0) is 17.8 Å². The van der Waals surface area contributed by atoms with Gasteiger partial charge < -0.3 is 15.6 Å². The largest absolute Gasteiger partial charge is 0.340 e. The third kappa shape index (κ3) is 6.17. The Labute approximate surface area is 219 Å².